The van der Waals surface area contributed by atoms with Crippen molar-refractivity contribution in [2.75, 3.05) is 6.54 Å². The van der Waals surface area contributed by atoms with Crippen LogP contribution in [0.25, 0.3) is 0 Å². The lowest BCUT2D eigenvalue weighted by Crippen LogP contribution is -2.18. The zero-order valence-electron chi connectivity index (χ0n) is 9.56. The summed E-state index contributed by atoms with van der Waals surface area (Å²) in [6.07, 6.45) is 3.93. The third-order valence-electron chi connectivity index (χ3n) is 2.48. The van der Waals surface area contributed by atoms with Gasteiger partial charge in [0.15, 0.2) is 0 Å². The number of rotatable bonds is 5. The average molecular weight is 215 g/mol. The smallest absolute Gasteiger partial charge is 0.0949 e. The maximum atomic E-state index is 4.19. The van der Waals surface area contributed by atoms with E-state index in [1.165, 1.54) is 5.56 Å². The minimum Gasteiger partial charge on any atom is -0.336 e. The van der Waals surface area contributed by atoms with Crippen LogP contribution in [0.2, 0.25) is 0 Å². The van der Waals surface area contributed by atoms with E-state index in [1.807, 2.05) is 19.3 Å². The molecule has 0 aliphatic carbocycles. The van der Waals surface area contributed by atoms with E-state index in [0.29, 0.717) is 0 Å². The average Bonchev–Trinajstić information content (AvgIpc) is 2.72. The third-order valence-corrected chi connectivity index (χ3v) is 2.48. The van der Waals surface area contributed by atoms with E-state index >= 15 is 0 Å². The second-order valence-corrected chi connectivity index (χ2v) is 3.92. The van der Waals surface area contributed by atoms with Crippen molar-refractivity contribution < 1.29 is 0 Å². The Morgan fingerprint density at radius 3 is 2.75 bits per heavy atom. The number of aryl methyl sites for hydroxylation is 1. The van der Waals surface area contributed by atoms with Gasteiger partial charge in [-0.2, -0.15) is 0 Å². The quantitative estimate of drug-likeness (QED) is 0.773. The van der Waals surface area contributed by atoms with E-state index < -0.39 is 0 Å². The van der Waals surface area contributed by atoms with Crippen molar-refractivity contribution in [1.82, 2.24) is 14.9 Å². The predicted octanol–water partition coefficient (Wildman–Crippen LogP) is 1.98. The molecule has 0 amide bonds. The van der Waals surface area contributed by atoms with Crippen molar-refractivity contribution in [3.05, 3.63) is 54.1 Å². The second kappa shape index (κ2) is 5.47. The first-order chi connectivity index (χ1) is 7.84. The van der Waals surface area contributed by atoms with Crippen LogP contribution in [0.3, 0.4) is 0 Å². The van der Waals surface area contributed by atoms with E-state index in [-0.39, 0.29) is 0 Å². The lowest BCUT2D eigenvalue weighted by molar-refractivity contribution is 0.597. The highest BCUT2D eigenvalue weighted by atomic mass is 15.0. The molecule has 3 heteroatoms. The van der Waals surface area contributed by atoms with Crippen LogP contribution in [0.5, 0.6) is 0 Å². The van der Waals surface area contributed by atoms with Crippen LogP contribution in [0.15, 0.2) is 42.9 Å². The van der Waals surface area contributed by atoms with E-state index in [4.69, 9.17) is 0 Å². The van der Waals surface area contributed by atoms with Crippen molar-refractivity contribution in [1.29, 1.82) is 0 Å². The Morgan fingerprint density at radius 1 is 1.25 bits per heavy atom. The largest absolute Gasteiger partial charge is 0.336 e. The maximum absolute atomic E-state index is 4.19. The van der Waals surface area contributed by atoms with Crippen molar-refractivity contribution in [2.24, 2.45) is 0 Å². The van der Waals surface area contributed by atoms with Gasteiger partial charge in [0.1, 0.15) is 0 Å². The third kappa shape index (κ3) is 3.21. The summed E-state index contributed by atoms with van der Waals surface area (Å²) in [6, 6.07) is 10.4. The van der Waals surface area contributed by atoms with Gasteiger partial charge in [0.2, 0.25) is 0 Å². The molecule has 0 atom stereocenters. The Balaban J connectivity index is 1.69. The molecule has 3 nitrogen and oxygen atoms in total. The summed E-state index contributed by atoms with van der Waals surface area (Å²) in [5.74, 6) is 0. The summed E-state index contributed by atoms with van der Waals surface area (Å²) < 4.78 is 2.10. The zero-order chi connectivity index (χ0) is 11.2. The van der Waals surface area contributed by atoms with E-state index in [9.17, 15) is 0 Å². The number of nitrogens with one attached hydrogen (secondary N) is 1. The standard InChI is InChI=1S/C13H17N3/c1-12-10-16(11-15-12)8-7-14-9-13-5-3-2-4-6-13/h2-6,10-11,14H,7-9H2,1H3. The van der Waals surface area contributed by atoms with Gasteiger partial charge in [-0.25, -0.2) is 4.98 Å². The van der Waals surface area contributed by atoms with Crippen molar-refractivity contribution in [2.45, 2.75) is 20.0 Å². The highest BCUT2D eigenvalue weighted by Crippen LogP contribution is 1.97. The summed E-state index contributed by atoms with van der Waals surface area (Å²) in [5, 5.41) is 3.41. The SMILES string of the molecule is Cc1cn(CCNCc2ccccc2)cn1. The fraction of sp³-hybridized carbons (Fsp3) is 0.308. The van der Waals surface area contributed by atoms with E-state index in [2.05, 4.69) is 45.3 Å². The van der Waals surface area contributed by atoms with Crippen LogP contribution in [0.1, 0.15) is 11.3 Å². The van der Waals surface area contributed by atoms with Crippen LogP contribution in [0.4, 0.5) is 0 Å². The fourth-order valence-corrected chi connectivity index (χ4v) is 1.63. The normalized spacial score (nSPS) is 10.6. The number of nitrogens with zero attached hydrogens (tertiary/aromatic N) is 2. The zero-order valence-corrected chi connectivity index (χ0v) is 9.56. The molecule has 16 heavy (non-hydrogen) atoms. The van der Waals surface area contributed by atoms with Crippen molar-refractivity contribution in [3.63, 3.8) is 0 Å². The van der Waals surface area contributed by atoms with Crippen molar-refractivity contribution in [3.8, 4) is 0 Å². The molecule has 1 heterocycles. The molecule has 1 aromatic heterocycles. The Morgan fingerprint density at radius 2 is 2.06 bits per heavy atom. The molecule has 0 saturated heterocycles. The monoisotopic (exact) mass is 215 g/mol. The second-order valence-electron chi connectivity index (χ2n) is 3.92. The summed E-state index contributed by atoms with van der Waals surface area (Å²) in [7, 11) is 0. The van der Waals surface area contributed by atoms with Crippen LogP contribution < -0.4 is 5.32 Å². The first kappa shape index (κ1) is 10.9. The first-order valence-corrected chi connectivity index (χ1v) is 5.57. The molecule has 0 spiro atoms. The summed E-state index contributed by atoms with van der Waals surface area (Å²) in [4.78, 5) is 4.19. The highest BCUT2D eigenvalue weighted by Gasteiger charge is 1.93. The van der Waals surface area contributed by atoms with Gasteiger partial charge in [-0.3, -0.25) is 0 Å². The molecular formula is C13H17N3. The fourth-order valence-electron chi connectivity index (χ4n) is 1.63. The molecule has 0 aliphatic rings. The minimum atomic E-state index is 0.925. The van der Waals surface area contributed by atoms with E-state index in [0.717, 1.165) is 25.3 Å². The molecule has 1 aromatic carbocycles. The topological polar surface area (TPSA) is 29.9 Å². The molecule has 0 saturated carbocycles. The van der Waals surface area contributed by atoms with E-state index in [1.54, 1.807) is 0 Å². The van der Waals surface area contributed by atoms with Gasteiger partial charge in [0.25, 0.3) is 0 Å². The van der Waals surface area contributed by atoms with Gasteiger partial charge in [0, 0.05) is 25.8 Å². The molecule has 0 unspecified atom stereocenters. The van der Waals surface area contributed by atoms with Gasteiger partial charge in [-0.05, 0) is 12.5 Å². The minimum absolute atomic E-state index is 0.925. The van der Waals surface area contributed by atoms with Gasteiger partial charge in [0.05, 0.1) is 12.0 Å². The molecule has 0 aliphatic heterocycles. The first-order valence-electron chi connectivity index (χ1n) is 5.57. The molecule has 1 N–H and O–H groups in total. The number of hydrogen-bond acceptors (Lipinski definition) is 2. The molecule has 2 aromatic rings. The highest BCUT2D eigenvalue weighted by molar-refractivity contribution is 5.14. The molecule has 0 bridgehead atoms. The van der Waals surface area contributed by atoms with Gasteiger partial charge in [-0.15, -0.1) is 0 Å². The predicted molar refractivity (Wildman–Crippen MR) is 65.1 cm³/mol. The number of hydrogen-bond donors (Lipinski definition) is 1. The number of benzene rings is 1. The van der Waals surface area contributed by atoms with Gasteiger partial charge in [-0.1, -0.05) is 30.3 Å². The van der Waals surface area contributed by atoms with Crippen LogP contribution in [0, 0.1) is 6.92 Å². The maximum Gasteiger partial charge on any atom is 0.0949 e. The Kier molecular flexibility index (Phi) is 3.72. The summed E-state index contributed by atoms with van der Waals surface area (Å²) >= 11 is 0. The Hall–Kier alpha value is -1.61. The van der Waals surface area contributed by atoms with Crippen LogP contribution in [-0.4, -0.2) is 16.1 Å². The van der Waals surface area contributed by atoms with Gasteiger partial charge < -0.3 is 9.88 Å². The Bertz CT molecular complexity index is 420. The number of aromatic nitrogens is 2. The molecule has 2 rings (SSSR count). The van der Waals surface area contributed by atoms with Crippen molar-refractivity contribution >= 4 is 0 Å². The molecule has 0 radical (unpaired) electrons. The van der Waals surface area contributed by atoms with Gasteiger partial charge >= 0.3 is 0 Å². The molecule has 0 fully saturated rings. The Labute approximate surface area is 96.1 Å². The molecule has 84 valence electrons. The lowest BCUT2D eigenvalue weighted by atomic mass is 10.2. The van der Waals surface area contributed by atoms with Crippen LogP contribution >= 0.6 is 0 Å². The molecular weight excluding hydrogens is 198 g/mol. The lowest BCUT2D eigenvalue weighted by Gasteiger charge is -2.05. The summed E-state index contributed by atoms with van der Waals surface area (Å²) in [6.45, 7) is 4.86. The number of imidazole rings is 1. The summed E-state index contributed by atoms with van der Waals surface area (Å²) in [5.41, 5.74) is 2.40. The van der Waals surface area contributed by atoms with Crippen LogP contribution in [-0.2, 0) is 13.1 Å².